The van der Waals surface area contributed by atoms with Gasteiger partial charge in [-0.3, -0.25) is 4.79 Å². The van der Waals surface area contributed by atoms with Gasteiger partial charge < -0.3 is 14.8 Å². The van der Waals surface area contributed by atoms with Crippen LogP contribution in [-0.4, -0.2) is 28.4 Å². The first kappa shape index (κ1) is 19.8. The molecular formula is C24H25N3O3. The molecule has 0 fully saturated rings. The average molecular weight is 403 g/mol. The van der Waals surface area contributed by atoms with E-state index < -0.39 is 0 Å². The van der Waals surface area contributed by atoms with E-state index in [0.717, 1.165) is 40.3 Å². The van der Waals surface area contributed by atoms with Gasteiger partial charge in [0.25, 0.3) is 0 Å². The van der Waals surface area contributed by atoms with Crippen molar-refractivity contribution < 1.29 is 14.3 Å². The largest absolute Gasteiger partial charge is 0.493 e. The lowest BCUT2D eigenvalue weighted by molar-refractivity contribution is -0.116. The van der Waals surface area contributed by atoms with Crippen molar-refractivity contribution in [1.82, 2.24) is 15.1 Å². The number of nitrogens with zero attached hydrogens (tertiary/aromatic N) is 2. The van der Waals surface area contributed by atoms with E-state index in [1.807, 2.05) is 62.5 Å². The summed E-state index contributed by atoms with van der Waals surface area (Å²) in [4.78, 5) is 12.3. The van der Waals surface area contributed by atoms with Crippen LogP contribution in [0.1, 0.15) is 30.5 Å². The summed E-state index contributed by atoms with van der Waals surface area (Å²) in [6, 6.07) is 13.8. The van der Waals surface area contributed by atoms with Gasteiger partial charge in [0.15, 0.2) is 0 Å². The van der Waals surface area contributed by atoms with Crippen LogP contribution in [0.3, 0.4) is 0 Å². The lowest BCUT2D eigenvalue weighted by Gasteiger charge is -2.10. The Hall–Kier alpha value is -3.54. The van der Waals surface area contributed by atoms with Gasteiger partial charge in [-0.15, -0.1) is 0 Å². The fourth-order valence-electron chi connectivity index (χ4n) is 3.45. The summed E-state index contributed by atoms with van der Waals surface area (Å²) in [5, 5.41) is 7.24. The zero-order valence-electron chi connectivity index (χ0n) is 17.2. The Labute approximate surface area is 176 Å². The van der Waals surface area contributed by atoms with Crippen molar-refractivity contribution in [3.05, 3.63) is 77.6 Å². The highest BCUT2D eigenvalue weighted by atomic mass is 16.5. The molecule has 154 valence electrons. The molecule has 1 aliphatic rings. The van der Waals surface area contributed by atoms with Gasteiger partial charge in [0, 0.05) is 41.9 Å². The van der Waals surface area contributed by atoms with Crippen LogP contribution in [0.2, 0.25) is 0 Å². The molecule has 0 radical (unpaired) electrons. The second-order valence-electron chi connectivity index (χ2n) is 7.24. The van der Waals surface area contributed by atoms with Gasteiger partial charge in [-0.2, -0.15) is 5.10 Å². The molecule has 0 bridgehead atoms. The van der Waals surface area contributed by atoms with E-state index in [9.17, 15) is 4.79 Å². The zero-order chi connectivity index (χ0) is 20.9. The molecule has 1 amide bonds. The minimum Gasteiger partial charge on any atom is -0.493 e. The molecule has 1 N–H and O–H groups in total. The van der Waals surface area contributed by atoms with Crippen LogP contribution < -0.4 is 14.8 Å². The second-order valence-corrected chi connectivity index (χ2v) is 7.24. The van der Waals surface area contributed by atoms with Crippen molar-refractivity contribution in [2.75, 3.05) is 6.61 Å². The maximum atomic E-state index is 12.3. The van der Waals surface area contributed by atoms with Crippen molar-refractivity contribution in [3.8, 4) is 17.2 Å². The number of nitrogens with one attached hydrogen (secondary N) is 1. The van der Waals surface area contributed by atoms with Crippen LogP contribution >= 0.6 is 0 Å². The smallest absolute Gasteiger partial charge is 0.244 e. The Balaban J connectivity index is 1.40. The van der Waals surface area contributed by atoms with Gasteiger partial charge in [-0.1, -0.05) is 18.2 Å². The maximum Gasteiger partial charge on any atom is 0.244 e. The van der Waals surface area contributed by atoms with Crippen LogP contribution in [0, 0.1) is 0 Å². The minimum absolute atomic E-state index is 0.161. The molecule has 2 heterocycles. The lowest BCUT2D eigenvalue weighted by Crippen LogP contribution is -2.19. The molecule has 0 spiro atoms. The van der Waals surface area contributed by atoms with Crippen LogP contribution in [-0.2, 0) is 17.8 Å². The Morgan fingerprint density at radius 3 is 2.97 bits per heavy atom. The summed E-state index contributed by atoms with van der Waals surface area (Å²) in [6.07, 6.45) is 7.98. The summed E-state index contributed by atoms with van der Waals surface area (Å²) >= 11 is 0. The lowest BCUT2D eigenvalue weighted by atomic mass is 10.1. The Bertz CT molecular complexity index is 1060. The maximum absolute atomic E-state index is 12.3. The van der Waals surface area contributed by atoms with Gasteiger partial charge in [-0.05, 0) is 44.2 Å². The molecule has 0 aliphatic carbocycles. The summed E-state index contributed by atoms with van der Waals surface area (Å²) in [5.74, 6) is 1.45. The standard InChI is InChI=1S/C24H25N3O3/c1-3-29-22-13-20-11-17(2)30-23(20)12-19(22)9-10-24(28)25-14-18-15-26-27(16-18)21-7-5-4-6-8-21/h4-10,12-13,15-17H,3,11,14H2,1-2H3,(H,25,28)/b10-9+. The van der Waals surface area contributed by atoms with E-state index >= 15 is 0 Å². The van der Waals surface area contributed by atoms with Crippen molar-refractivity contribution in [2.24, 2.45) is 0 Å². The average Bonchev–Trinajstić information content (AvgIpc) is 3.37. The topological polar surface area (TPSA) is 65.4 Å². The van der Waals surface area contributed by atoms with Gasteiger partial charge in [0.05, 0.1) is 18.5 Å². The molecular weight excluding hydrogens is 378 g/mol. The molecule has 6 nitrogen and oxygen atoms in total. The third-order valence-corrected chi connectivity index (χ3v) is 4.87. The number of fused-ring (bicyclic) bond motifs is 1. The third-order valence-electron chi connectivity index (χ3n) is 4.87. The minimum atomic E-state index is -0.181. The van der Waals surface area contributed by atoms with E-state index in [0.29, 0.717) is 13.2 Å². The second kappa shape index (κ2) is 8.86. The van der Waals surface area contributed by atoms with Crippen LogP contribution in [0.4, 0.5) is 0 Å². The highest BCUT2D eigenvalue weighted by molar-refractivity contribution is 5.92. The highest BCUT2D eigenvalue weighted by Gasteiger charge is 2.21. The van der Waals surface area contributed by atoms with Gasteiger partial charge in [0.1, 0.15) is 17.6 Å². The summed E-state index contributed by atoms with van der Waals surface area (Å²) in [6.45, 7) is 4.96. The Morgan fingerprint density at radius 1 is 1.33 bits per heavy atom. The van der Waals surface area contributed by atoms with E-state index in [-0.39, 0.29) is 12.0 Å². The molecule has 3 aromatic rings. The number of amides is 1. The Morgan fingerprint density at radius 2 is 2.17 bits per heavy atom. The summed E-state index contributed by atoms with van der Waals surface area (Å²) in [7, 11) is 0. The van der Waals surface area contributed by atoms with Crippen LogP contribution in [0.5, 0.6) is 11.5 Å². The van der Waals surface area contributed by atoms with Gasteiger partial charge >= 0.3 is 0 Å². The number of hydrogen-bond acceptors (Lipinski definition) is 4. The van der Waals surface area contributed by atoms with Gasteiger partial charge in [0.2, 0.25) is 5.91 Å². The van der Waals surface area contributed by atoms with Crippen LogP contribution in [0.25, 0.3) is 11.8 Å². The monoisotopic (exact) mass is 403 g/mol. The predicted molar refractivity (Wildman–Crippen MR) is 116 cm³/mol. The van der Waals surface area contributed by atoms with Crippen molar-refractivity contribution in [1.29, 1.82) is 0 Å². The SMILES string of the molecule is CCOc1cc2c(cc1/C=C/C(=O)NCc1cnn(-c3ccccc3)c1)OC(C)C2. The molecule has 1 unspecified atom stereocenters. The number of hydrogen-bond donors (Lipinski definition) is 1. The van der Waals surface area contributed by atoms with Crippen molar-refractivity contribution in [3.63, 3.8) is 0 Å². The number of aromatic nitrogens is 2. The van der Waals surface area contributed by atoms with Gasteiger partial charge in [-0.25, -0.2) is 4.68 Å². The fraction of sp³-hybridized carbons (Fsp3) is 0.250. The summed E-state index contributed by atoms with van der Waals surface area (Å²) < 4.78 is 13.4. The molecule has 4 rings (SSSR count). The first-order valence-electron chi connectivity index (χ1n) is 10.1. The Kier molecular flexibility index (Phi) is 5.84. The predicted octanol–water partition coefficient (Wildman–Crippen LogP) is 3.92. The zero-order valence-corrected chi connectivity index (χ0v) is 17.2. The summed E-state index contributed by atoms with van der Waals surface area (Å²) in [5.41, 5.74) is 3.88. The number of para-hydroxylation sites is 1. The molecule has 1 aromatic heterocycles. The number of carbonyl (C=O) groups is 1. The van der Waals surface area contributed by atoms with E-state index in [1.165, 1.54) is 6.08 Å². The molecule has 0 saturated carbocycles. The van der Waals surface area contributed by atoms with E-state index in [1.54, 1.807) is 17.0 Å². The van der Waals surface area contributed by atoms with Crippen molar-refractivity contribution >= 4 is 12.0 Å². The number of ether oxygens (including phenoxy) is 2. The van der Waals surface area contributed by atoms with Crippen LogP contribution in [0.15, 0.2) is 60.9 Å². The van der Waals surface area contributed by atoms with E-state index in [2.05, 4.69) is 10.4 Å². The number of rotatable bonds is 7. The third kappa shape index (κ3) is 4.54. The molecule has 1 aliphatic heterocycles. The molecule has 2 aromatic carbocycles. The molecule has 6 heteroatoms. The number of benzene rings is 2. The quantitative estimate of drug-likeness (QED) is 0.607. The molecule has 30 heavy (non-hydrogen) atoms. The fourth-order valence-corrected chi connectivity index (χ4v) is 3.45. The first-order valence-corrected chi connectivity index (χ1v) is 10.1. The highest BCUT2D eigenvalue weighted by Crippen LogP contribution is 2.35. The van der Waals surface area contributed by atoms with E-state index in [4.69, 9.17) is 9.47 Å². The molecule has 1 atom stereocenters. The normalized spacial score (nSPS) is 15.1. The first-order chi connectivity index (χ1) is 14.6. The number of carbonyl (C=O) groups excluding carboxylic acids is 1. The molecule has 0 saturated heterocycles. The van der Waals surface area contributed by atoms with Crippen molar-refractivity contribution in [2.45, 2.75) is 32.9 Å².